The summed E-state index contributed by atoms with van der Waals surface area (Å²) in [5.41, 5.74) is 0.976. The highest BCUT2D eigenvalue weighted by atomic mass is 16.6. The first-order chi connectivity index (χ1) is 14.1. The number of hydrogen-bond acceptors (Lipinski definition) is 5. The summed E-state index contributed by atoms with van der Waals surface area (Å²) in [7, 11) is 0. The third-order valence-electron chi connectivity index (χ3n) is 7.16. The Hall–Kier alpha value is -1.66. The number of carbonyl (C=O) groups is 2. The van der Waals surface area contributed by atoms with E-state index >= 15 is 0 Å². The van der Waals surface area contributed by atoms with Crippen molar-refractivity contribution in [2.24, 2.45) is 23.7 Å². The molecule has 2 aliphatic heterocycles. The lowest BCUT2D eigenvalue weighted by atomic mass is 9.63. The summed E-state index contributed by atoms with van der Waals surface area (Å²) in [5.74, 6) is -0.944. The molecule has 7 unspecified atom stereocenters. The van der Waals surface area contributed by atoms with E-state index in [9.17, 15) is 19.8 Å². The molecule has 1 aliphatic carbocycles. The smallest absolute Gasteiger partial charge is 0.309 e. The molecule has 168 valence electrons. The van der Waals surface area contributed by atoms with Crippen LogP contribution in [0.15, 0.2) is 23.3 Å². The van der Waals surface area contributed by atoms with E-state index in [0.29, 0.717) is 18.8 Å². The van der Waals surface area contributed by atoms with Gasteiger partial charge in [-0.3, -0.25) is 9.59 Å². The first kappa shape index (κ1) is 23.0. The number of allylic oxidation sites excluding steroid dienone is 2. The third kappa shape index (κ3) is 4.22. The SMILES string of the molecule is CC1=CC2C=C(C)C(C)C3C(CC(C)C)NC(=O)C23OC(=O)CC(O)C(O)CCC1. The Kier molecular flexibility index (Phi) is 6.78. The molecule has 3 aliphatic rings. The minimum Gasteiger partial charge on any atom is -0.447 e. The fourth-order valence-electron chi connectivity index (χ4n) is 5.53. The highest BCUT2D eigenvalue weighted by Gasteiger charge is 2.64. The van der Waals surface area contributed by atoms with Crippen molar-refractivity contribution in [2.45, 2.75) is 90.6 Å². The van der Waals surface area contributed by atoms with Crippen molar-refractivity contribution in [3.63, 3.8) is 0 Å². The van der Waals surface area contributed by atoms with Crippen LogP contribution in [0.25, 0.3) is 0 Å². The summed E-state index contributed by atoms with van der Waals surface area (Å²) in [5, 5.41) is 23.6. The van der Waals surface area contributed by atoms with Crippen LogP contribution < -0.4 is 5.32 Å². The molecule has 3 N–H and O–H groups in total. The van der Waals surface area contributed by atoms with Gasteiger partial charge in [-0.2, -0.15) is 0 Å². The average Bonchev–Trinajstić information content (AvgIpc) is 2.90. The number of esters is 1. The maximum absolute atomic E-state index is 13.5. The Morgan fingerprint density at radius 2 is 1.90 bits per heavy atom. The van der Waals surface area contributed by atoms with Gasteiger partial charge in [0.2, 0.25) is 5.60 Å². The van der Waals surface area contributed by atoms with Crippen molar-refractivity contribution in [2.75, 3.05) is 0 Å². The quantitative estimate of drug-likeness (QED) is 0.472. The van der Waals surface area contributed by atoms with Crippen molar-refractivity contribution in [3.05, 3.63) is 23.3 Å². The third-order valence-corrected chi connectivity index (χ3v) is 7.16. The van der Waals surface area contributed by atoms with Crippen LogP contribution in [0.4, 0.5) is 0 Å². The average molecular weight is 420 g/mol. The van der Waals surface area contributed by atoms with Crippen LogP contribution in [0.5, 0.6) is 0 Å². The first-order valence-corrected chi connectivity index (χ1v) is 11.3. The Morgan fingerprint density at radius 1 is 1.20 bits per heavy atom. The highest BCUT2D eigenvalue weighted by Crippen LogP contribution is 2.51. The maximum Gasteiger partial charge on any atom is 0.309 e. The molecule has 1 saturated heterocycles. The summed E-state index contributed by atoms with van der Waals surface area (Å²) >= 11 is 0. The monoisotopic (exact) mass is 419 g/mol. The van der Waals surface area contributed by atoms with Gasteiger partial charge >= 0.3 is 5.97 Å². The summed E-state index contributed by atoms with van der Waals surface area (Å²) < 4.78 is 6.04. The van der Waals surface area contributed by atoms with Gasteiger partial charge in [0.15, 0.2) is 0 Å². The van der Waals surface area contributed by atoms with E-state index in [-0.39, 0.29) is 36.1 Å². The molecule has 1 fully saturated rings. The molecule has 0 aromatic heterocycles. The summed E-state index contributed by atoms with van der Waals surface area (Å²) in [6.45, 7) is 10.4. The molecule has 3 rings (SSSR count). The van der Waals surface area contributed by atoms with Crippen molar-refractivity contribution >= 4 is 11.9 Å². The predicted molar refractivity (Wildman–Crippen MR) is 114 cm³/mol. The van der Waals surface area contributed by atoms with Gasteiger partial charge in [-0.05, 0) is 51.4 Å². The molecule has 0 aromatic rings. The van der Waals surface area contributed by atoms with Gasteiger partial charge in [0.1, 0.15) is 0 Å². The number of rotatable bonds is 2. The second-order valence-corrected chi connectivity index (χ2v) is 9.97. The number of aliphatic hydroxyl groups is 2. The molecule has 1 amide bonds. The molecule has 0 bridgehead atoms. The van der Waals surface area contributed by atoms with E-state index < -0.39 is 23.8 Å². The van der Waals surface area contributed by atoms with E-state index in [1.807, 2.05) is 6.92 Å². The Bertz CT molecular complexity index is 742. The predicted octanol–water partition coefficient (Wildman–Crippen LogP) is 2.88. The molecule has 7 atom stereocenters. The van der Waals surface area contributed by atoms with Crippen molar-refractivity contribution in [1.29, 1.82) is 0 Å². The van der Waals surface area contributed by atoms with Crippen LogP contribution in [0, 0.1) is 23.7 Å². The molecule has 0 radical (unpaired) electrons. The molecule has 0 aromatic carbocycles. The van der Waals surface area contributed by atoms with Gasteiger partial charge in [0, 0.05) is 17.9 Å². The molecular formula is C24H37NO5. The lowest BCUT2D eigenvalue weighted by molar-refractivity contribution is -0.179. The largest absolute Gasteiger partial charge is 0.447 e. The van der Waals surface area contributed by atoms with E-state index in [4.69, 9.17) is 4.74 Å². The molecule has 1 spiro atoms. The molecule has 0 saturated carbocycles. The second kappa shape index (κ2) is 8.83. The van der Waals surface area contributed by atoms with E-state index in [0.717, 1.165) is 18.4 Å². The van der Waals surface area contributed by atoms with E-state index in [1.165, 1.54) is 5.57 Å². The van der Waals surface area contributed by atoms with Crippen LogP contribution in [-0.4, -0.2) is 45.9 Å². The molecule has 2 heterocycles. The fourth-order valence-corrected chi connectivity index (χ4v) is 5.53. The fraction of sp³-hybridized carbons (Fsp3) is 0.750. The molecule has 6 heteroatoms. The van der Waals surface area contributed by atoms with Crippen LogP contribution in [-0.2, 0) is 14.3 Å². The normalized spacial score (nSPS) is 40.3. The highest BCUT2D eigenvalue weighted by molar-refractivity contribution is 5.92. The topological polar surface area (TPSA) is 95.9 Å². The molecule has 6 nitrogen and oxygen atoms in total. The van der Waals surface area contributed by atoms with Crippen LogP contribution in [0.2, 0.25) is 0 Å². The number of ether oxygens (including phenoxy) is 1. The van der Waals surface area contributed by atoms with Crippen LogP contribution in [0.1, 0.15) is 66.7 Å². The number of carbonyl (C=O) groups excluding carboxylic acids is 2. The number of aliphatic hydroxyl groups excluding tert-OH is 2. The van der Waals surface area contributed by atoms with Gasteiger partial charge in [0.25, 0.3) is 5.91 Å². The van der Waals surface area contributed by atoms with Gasteiger partial charge in [-0.15, -0.1) is 0 Å². The first-order valence-electron chi connectivity index (χ1n) is 11.3. The minimum atomic E-state index is -1.32. The summed E-state index contributed by atoms with van der Waals surface area (Å²) in [6, 6.07) is -0.0800. The number of nitrogens with one attached hydrogen (secondary N) is 1. The van der Waals surface area contributed by atoms with Crippen LogP contribution >= 0.6 is 0 Å². The standard InChI is InChI=1S/C24H37NO5/c1-13(2)9-18-22-16(5)15(4)11-17-10-14(3)7-6-8-19(26)20(27)12-21(28)30-24(17,22)23(29)25-18/h10-11,13,16-20,22,26-27H,6-9,12H2,1-5H3,(H,25,29). The molecular weight excluding hydrogens is 382 g/mol. The van der Waals surface area contributed by atoms with Gasteiger partial charge < -0.3 is 20.3 Å². The number of amides is 1. The minimum absolute atomic E-state index is 0.0777. The van der Waals surface area contributed by atoms with E-state index in [2.05, 4.69) is 45.2 Å². The van der Waals surface area contributed by atoms with Gasteiger partial charge in [-0.1, -0.05) is 44.1 Å². The summed E-state index contributed by atoms with van der Waals surface area (Å²) in [6.07, 6.45) is 4.35. The Morgan fingerprint density at radius 3 is 2.57 bits per heavy atom. The zero-order chi connectivity index (χ0) is 22.2. The maximum atomic E-state index is 13.5. The molecule has 30 heavy (non-hydrogen) atoms. The van der Waals surface area contributed by atoms with Crippen molar-refractivity contribution < 1.29 is 24.5 Å². The Balaban J connectivity index is 2.11. The van der Waals surface area contributed by atoms with Crippen molar-refractivity contribution in [3.8, 4) is 0 Å². The Labute approximate surface area is 179 Å². The lowest BCUT2D eigenvalue weighted by Gasteiger charge is -2.45. The second-order valence-electron chi connectivity index (χ2n) is 9.97. The van der Waals surface area contributed by atoms with Crippen molar-refractivity contribution in [1.82, 2.24) is 5.32 Å². The zero-order valence-corrected chi connectivity index (χ0v) is 18.9. The van der Waals surface area contributed by atoms with Gasteiger partial charge in [0.05, 0.1) is 18.6 Å². The van der Waals surface area contributed by atoms with E-state index in [1.54, 1.807) is 0 Å². The summed E-state index contributed by atoms with van der Waals surface area (Å²) in [4.78, 5) is 26.3. The number of hydrogen-bond donors (Lipinski definition) is 3. The van der Waals surface area contributed by atoms with Gasteiger partial charge in [-0.25, -0.2) is 0 Å². The zero-order valence-electron chi connectivity index (χ0n) is 18.9. The van der Waals surface area contributed by atoms with Crippen LogP contribution in [0.3, 0.4) is 0 Å². The lowest BCUT2D eigenvalue weighted by Crippen LogP contribution is -2.56.